The fourth-order valence-electron chi connectivity index (χ4n) is 13.6. The number of anilines is 4. The molecule has 19 rings (SSSR count). The average Bonchev–Trinajstić information content (AvgIpc) is 1.63. The Morgan fingerprint density at radius 2 is 1.06 bits per heavy atom. The van der Waals surface area contributed by atoms with Gasteiger partial charge in [-0.3, -0.25) is 50.2 Å². The van der Waals surface area contributed by atoms with E-state index in [1.165, 1.54) is 21.4 Å². The molecule has 0 unspecified atom stereocenters. The van der Waals surface area contributed by atoms with Gasteiger partial charge in [0.25, 0.3) is 22.9 Å². The van der Waals surface area contributed by atoms with Crippen LogP contribution in [0.25, 0.3) is 112 Å². The maximum absolute atomic E-state index is 12.8. The molecule has 0 saturated heterocycles. The number of aryl methyl sites for hydroxylation is 1. The van der Waals surface area contributed by atoms with E-state index in [-0.39, 0.29) is 91.0 Å². The van der Waals surface area contributed by atoms with Gasteiger partial charge in [-0.1, -0.05) is 18.2 Å². The lowest BCUT2D eigenvalue weighted by Gasteiger charge is -2.10. The number of rotatable bonds is 23. The predicted octanol–water partition coefficient (Wildman–Crippen LogP) is 11.1. The third kappa shape index (κ3) is 20.6. The van der Waals surface area contributed by atoms with Crippen LogP contribution in [0.4, 0.5) is 43.0 Å². The second-order valence-electron chi connectivity index (χ2n) is 29.9. The van der Waals surface area contributed by atoms with E-state index in [9.17, 15) is 43.2 Å². The van der Waals surface area contributed by atoms with E-state index < -0.39 is 18.3 Å². The summed E-state index contributed by atoms with van der Waals surface area (Å²) in [5.74, 6) is 2.08. The number of aromatic nitrogens is 20. The van der Waals surface area contributed by atoms with Crippen molar-refractivity contribution in [1.82, 2.24) is 119 Å². The minimum absolute atomic E-state index is 0.0481. The number of aromatic amines is 4. The van der Waals surface area contributed by atoms with Crippen LogP contribution in [-0.4, -0.2) is 210 Å². The van der Waals surface area contributed by atoms with Gasteiger partial charge in [-0.2, -0.15) is 14.9 Å². The largest absolute Gasteiger partial charge is 0.450 e. The zero-order valence-corrected chi connectivity index (χ0v) is 71.0. The second kappa shape index (κ2) is 38.5. The van der Waals surface area contributed by atoms with Gasteiger partial charge in [0.2, 0.25) is 29.7 Å². The number of hydrogen-bond acceptors (Lipinski definition) is 26. The lowest BCUT2D eigenvalue weighted by atomic mass is 10.0. The summed E-state index contributed by atoms with van der Waals surface area (Å²) in [5.41, 5.74) is 13.5. The maximum atomic E-state index is 12.8. The smallest absolute Gasteiger partial charge is 0.413 e. The summed E-state index contributed by atoms with van der Waals surface area (Å²) in [7, 11) is 5.58. The molecule has 11 N–H and O–H groups in total. The predicted molar refractivity (Wildman–Crippen MR) is 480 cm³/mol. The first-order chi connectivity index (χ1) is 63.0. The summed E-state index contributed by atoms with van der Waals surface area (Å²) in [6.45, 7) is 8.85. The average molecular weight is 1760 g/mol. The van der Waals surface area contributed by atoms with Crippen molar-refractivity contribution in [3.05, 3.63) is 233 Å². The lowest BCUT2D eigenvalue weighted by molar-refractivity contribution is -0.113. The number of H-pyrrole nitrogens is 4. The van der Waals surface area contributed by atoms with Gasteiger partial charge in [0, 0.05) is 109 Å². The molecule has 0 spiro atoms. The van der Waals surface area contributed by atoms with Gasteiger partial charge in [0.05, 0.1) is 83.5 Å². The van der Waals surface area contributed by atoms with E-state index in [1.807, 2.05) is 117 Å². The van der Waals surface area contributed by atoms with Crippen LogP contribution in [0.15, 0.2) is 209 Å². The van der Waals surface area contributed by atoms with Gasteiger partial charge in [-0.25, -0.2) is 68.7 Å². The number of oxazole rings is 1. The molecule has 0 radical (unpaired) electrons. The third-order valence-corrected chi connectivity index (χ3v) is 19.9. The number of aliphatic imine (C=N–C) groups is 1. The van der Waals surface area contributed by atoms with Gasteiger partial charge in [-0.05, 0) is 175 Å². The number of ketones is 1. The molecule has 16 aromatic rings. The number of para-hydroxylation sites is 1. The van der Waals surface area contributed by atoms with Crippen molar-refractivity contribution in [2.24, 2.45) is 12.0 Å². The van der Waals surface area contributed by atoms with Crippen LogP contribution >= 0.6 is 0 Å². The van der Waals surface area contributed by atoms with Crippen LogP contribution in [0.5, 0.6) is 0 Å². The summed E-state index contributed by atoms with van der Waals surface area (Å²) in [6.07, 6.45) is 23.5. The Morgan fingerprint density at radius 3 is 1.60 bits per heavy atom. The van der Waals surface area contributed by atoms with Crippen molar-refractivity contribution in [3.8, 4) is 67.8 Å². The van der Waals surface area contributed by atoms with Gasteiger partial charge >= 0.3 is 24.3 Å². The van der Waals surface area contributed by atoms with Crippen LogP contribution in [0, 0.1) is 0 Å². The Morgan fingerprint density at radius 1 is 0.515 bits per heavy atom. The number of nitrogens with one attached hydrogen (secondary N) is 11. The van der Waals surface area contributed by atoms with E-state index in [1.54, 1.807) is 128 Å². The number of fused-ring (bicyclic) bond motifs is 4. The van der Waals surface area contributed by atoms with Crippen LogP contribution < -0.4 is 48.3 Å². The van der Waals surface area contributed by atoms with E-state index in [0.717, 1.165) is 48.1 Å². The molecule has 2 saturated carbocycles. The van der Waals surface area contributed by atoms with Gasteiger partial charge in [0.1, 0.15) is 58.4 Å². The molecule has 2 fully saturated rings. The molecule has 42 heteroatoms. The van der Waals surface area contributed by atoms with Crippen molar-refractivity contribution in [1.29, 1.82) is 0 Å². The molecule has 7 amide bonds. The standard InChI is InChI=1S/C23H20N8O2.C22H21N7O4.C22H24N6O4.C21H20N8O3/c1-2-24-23(33)29-22-27-18-11-15(12-19(21(18)28-22)30-10-6-9-25-30)16-13-20(32)31(26-14-16)17-7-4-3-5-8-17;1-2-33-22(32)28-21-26-17-8-13(29-10-18(24-11-29)20(31)25-12-3-4-12)7-15(19(17)27-21)16-6-5-14(30)9-23-16;1-5-31-22(30)26-21-24-17-9-14(13-6-7-28(4)18(29)10-13)8-16(19(17)25-21)20-23-11-15(32-20)12-27(2)3;1-2-32-21(31)28-20-26-15-9-13(8-14(17(15)27-20)18-22-6-3-7-23-18)29-10-16(24-11-29)19(30)25-12-4-5-12/h3-14H,2H2,1H3,(H3,24,27,28,29,33);5-8,10-12H,2-4,9H2,1H3,(H,25,31)(H2,26,27,28,32);6-11H,5,12H2,1-4H3,(H2,24,25,26,30);3,6-12H,2,4-5H2,1H3,(H,25,30)(H2,26,27,28,31). The van der Waals surface area contributed by atoms with Crippen molar-refractivity contribution in [2.45, 2.75) is 72.0 Å². The Bertz CT molecular complexity index is 7120. The SMILES string of the molecule is CCNC(=O)Nc1nc2c(-n3cccn3)cc(-c3cnn(-c4ccccc4)c(=O)c3)cc2[nH]1.CCOC(=O)Nc1nc2c(-c3ncc(CN(C)C)o3)cc(-c3ccn(C)c(=O)c3)cc2[nH]1.CCOC(=O)Nc1nc2c(-c3ncccn3)cc(-n3cnc(C(=O)NC4CC4)c3)cc2[nH]1.CCOC(=O)Nc1nc2c(C3=NCC(=O)C=C3)cc(-n3cnc(C(=O)NC4CC4)c3)cc2[nH]1. The topological polar surface area (TPSA) is 524 Å². The molecular weight excluding hydrogens is 1670 g/mol. The first kappa shape index (κ1) is 86.3. The van der Waals surface area contributed by atoms with Crippen LogP contribution in [0.3, 0.4) is 0 Å². The number of amides is 7. The minimum atomic E-state index is -0.625. The molecule has 12 heterocycles. The molecule has 0 atom stereocenters. The van der Waals surface area contributed by atoms with Crippen molar-refractivity contribution in [2.75, 3.05) is 68.3 Å². The molecule has 1 aliphatic heterocycles. The number of urea groups is 1. The van der Waals surface area contributed by atoms with Crippen LogP contribution in [0.1, 0.15) is 85.7 Å². The summed E-state index contributed by atoms with van der Waals surface area (Å²) in [6, 6.07) is 32.7. The third-order valence-electron chi connectivity index (χ3n) is 19.9. The fraction of sp³-hybridized carbons (Fsp3) is 0.216. The number of ether oxygens (including phenoxy) is 3. The quantitative estimate of drug-likeness (QED) is 0.0265. The number of benzene rings is 5. The molecular formula is C88H85N29O13. The Labute approximate surface area is 736 Å². The van der Waals surface area contributed by atoms with E-state index in [0.29, 0.717) is 137 Å². The molecule has 130 heavy (non-hydrogen) atoms. The fourth-order valence-corrected chi connectivity index (χ4v) is 13.6. The Hall–Kier alpha value is -17.2. The molecule has 2 aliphatic carbocycles. The zero-order valence-electron chi connectivity index (χ0n) is 71.0. The second-order valence-corrected chi connectivity index (χ2v) is 29.9. The number of carbonyl (C=O) groups excluding carboxylic acids is 7. The lowest BCUT2D eigenvalue weighted by Crippen LogP contribution is -2.28. The van der Waals surface area contributed by atoms with Gasteiger partial charge in [-0.15, -0.1) is 0 Å². The van der Waals surface area contributed by atoms with Crippen molar-refractivity contribution in [3.63, 3.8) is 0 Å². The van der Waals surface area contributed by atoms with E-state index in [4.69, 9.17) is 18.6 Å². The van der Waals surface area contributed by atoms with Gasteiger partial charge in [0.15, 0.2) is 11.6 Å². The van der Waals surface area contributed by atoms with E-state index in [2.05, 4.69) is 117 Å². The zero-order chi connectivity index (χ0) is 90.6. The Balaban J connectivity index is 0.000000127. The number of hydrogen-bond donors (Lipinski definition) is 11. The highest BCUT2D eigenvalue weighted by Gasteiger charge is 2.28. The highest BCUT2D eigenvalue weighted by atomic mass is 16.6. The first-order valence-electron chi connectivity index (χ1n) is 41.2. The summed E-state index contributed by atoms with van der Waals surface area (Å²) < 4.78 is 28.7. The highest BCUT2D eigenvalue weighted by Crippen LogP contribution is 2.36. The first-order valence-corrected chi connectivity index (χ1v) is 41.2. The normalized spacial score (nSPS) is 12.7. The molecule has 42 nitrogen and oxygen atoms in total. The summed E-state index contributed by atoms with van der Waals surface area (Å²) in [5, 5.41) is 27.6. The Kier molecular flexibility index (Phi) is 25.6. The number of dihydropyridines is 1. The molecule has 0 bridgehead atoms. The number of imidazole rings is 6. The number of allylic oxidation sites excluding steroid dienone is 1. The van der Waals surface area contributed by atoms with Crippen LogP contribution in [0.2, 0.25) is 0 Å². The summed E-state index contributed by atoms with van der Waals surface area (Å²) >= 11 is 0. The molecule has 660 valence electrons. The molecule has 3 aliphatic rings. The van der Waals surface area contributed by atoms with Crippen LogP contribution in [-0.2, 0) is 32.6 Å². The molecule has 5 aromatic carbocycles. The molecule has 11 aromatic heterocycles. The number of pyridine rings is 1. The number of nitrogens with zero attached hydrogens (tertiary/aromatic N) is 18. The van der Waals surface area contributed by atoms with Crippen molar-refractivity contribution < 1.29 is 52.2 Å². The maximum Gasteiger partial charge on any atom is 0.413 e. The highest BCUT2D eigenvalue weighted by molar-refractivity contribution is 6.20. The summed E-state index contributed by atoms with van der Waals surface area (Å²) in [4.78, 5) is 167. The van der Waals surface area contributed by atoms with Crippen molar-refractivity contribution >= 4 is 116 Å². The van der Waals surface area contributed by atoms with Gasteiger partial charge < -0.3 is 73.1 Å². The number of carbonyl (C=O) groups is 7. The van der Waals surface area contributed by atoms with E-state index >= 15 is 0 Å². The monoisotopic (exact) mass is 1760 g/mol. The minimum Gasteiger partial charge on any atom is -0.450 e.